The van der Waals surface area contributed by atoms with Crippen molar-refractivity contribution in [3.05, 3.63) is 53.6 Å². The highest BCUT2D eigenvalue weighted by molar-refractivity contribution is 5.97. The molecule has 0 N–H and O–H groups in total. The van der Waals surface area contributed by atoms with Crippen molar-refractivity contribution in [3.63, 3.8) is 0 Å². The highest BCUT2D eigenvalue weighted by atomic mass is 19.1. The third kappa shape index (κ3) is 4.17. The van der Waals surface area contributed by atoms with Gasteiger partial charge in [0, 0.05) is 17.7 Å². The summed E-state index contributed by atoms with van der Waals surface area (Å²) in [6, 6.07) is 6.73. The van der Waals surface area contributed by atoms with Crippen molar-refractivity contribution in [2.75, 3.05) is 13.1 Å². The molecule has 1 aliphatic heterocycles. The molecule has 1 atom stereocenters. The van der Waals surface area contributed by atoms with E-state index in [1.54, 1.807) is 29.2 Å². The standard InChI is InChI=1S/C18H18FN3O3/c1-12(23)13-4-6-14(7-5-13)17(24)22-8-2-3-16(11-22)25-18-20-9-15(19)10-21-18/h4-7,9-10,16H,2-3,8,11H2,1H3. The van der Waals surface area contributed by atoms with Gasteiger partial charge in [0.05, 0.1) is 18.9 Å². The Morgan fingerprint density at radius 1 is 1.16 bits per heavy atom. The summed E-state index contributed by atoms with van der Waals surface area (Å²) >= 11 is 0. The first-order valence-electron chi connectivity index (χ1n) is 8.07. The molecule has 7 heteroatoms. The lowest BCUT2D eigenvalue weighted by atomic mass is 10.0. The molecule has 0 saturated carbocycles. The topological polar surface area (TPSA) is 72.4 Å². The number of ether oxygens (including phenoxy) is 1. The average Bonchev–Trinajstić information content (AvgIpc) is 2.63. The van der Waals surface area contributed by atoms with Crippen LogP contribution in [0, 0.1) is 5.82 Å². The minimum Gasteiger partial charge on any atom is -0.458 e. The zero-order valence-corrected chi connectivity index (χ0v) is 13.8. The fourth-order valence-corrected chi connectivity index (χ4v) is 2.76. The van der Waals surface area contributed by atoms with Crippen molar-refractivity contribution in [2.24, 2.45) is 0 Å². The molecule has 6 nitrogen and oxygen atoms in total. The summed E-state index contributed by atoms with van der Waals surface area (Å²) in [7, 11) is 0. The molecule has 130 valence electrons. The fraction of sp³-hybridized carbons (Fsp3) is 0.333. The smallest absolute Gasteiger partial charge is 0.316 e. The van der Waals surface area contributed by atoms with Gasteiger partial charge in [-0.05, 0) is 31.9 Å². The molecule has 1 fully saturated rings. The fourth-order valence-electron chi connectivity index (χ4n) is 2.76. The number of Topliss-reactive ketones (excluding diaryl/α,β-unsaturated/α-hetero) is 1. The van der Waals surface area contributed by atoms with E-state index in [0.29, 0.717) is 24.2 Å². The molecule has 1 amide bonds. The van der Waals surface area contributed by atoms with Gasteiger partial charge in [0.2, 0.25) is 0 Å². The van der Waals surface area contributed by atoms with E-state index in [1.807, 2.05) is 0 Å². The van der Waals surface area contributed by atoms with Crippen LogP contribution in [0.3, 0.4) is 0 Å². The van der Waals surface area contributed by atoms with Gasteiger partial charge in [-0.3, -0.25) is 9.59 Å². The second-order valence-corrected chi connectivity index (χ2v) is 5.95. The van der Waals surface area contributed by atoms with Crippen LogP contribution < -0.4 is 4.74 Å². The van der Waals surface area contributed by atoms with Gasteiger partial charge in [0.25, 0.3) is 5.91 Å². The molecular weight excluding hydrogens is 325 g/mol. The van der Waals surface area contributed by atoms with Crippen molar-refractivity contribution in [1.29, 1.82) is 0 Å². The number of amides is 1. The lowest BCUT2D eigenvalue weighted by molar-refractivity contribution is 0.0515. The molecular formula is C18H18FN3O3. The minimum atomic E-state index is -0.526. The summed E-state index contributed by atoms with van der Waals surface area (Å²) in [5.41, 5.74) is 1.11. The van der Waals surface area contributed by atoms with E-state index < -0.39 is 5.82 Å². The Hall–Kier alpha value is -2.83. The molecule has 2 aromatic rings. The van der Waals surface area contributed by atoms with Gasteiger partial charge in [0.1, 0.15) is 6.10 Å². The number of rotatable bonds is 4. The maximum absolute atomic E-state index is 12.8. The lowest BCUT2D eigenvalue weighted by Crippen LogP contribution is -2.44. The SMILES string of the molecule is CC(=O)c1ccc(C(=O)N2CCCC(Oc3ncc(F)cn3)C2)cc1. The molecule has 0 spiro atoms. The van der Waals surface area contributed by atoms with Crippen LogP contribution in [0.1, 0.15) is 40.5 Å². The van der Waals surface area contributed by atoms with E-state index >= 15 is 0 Å². The van der Waals surface area contributed by atoms with Crippen molar-refractivity contribution >= 4 is 11.7 Å². The molecule has 3 rings (SSSR count). The zero-order chi connectivity index (χ0) is 17.8. The van der Waals surface area contributed by atoms with E-state index in [4.69, 9.17) is 4.74 Å². The van der Waals surface area contributed by atoms with Gasteiger partial charge in [0.15, 0.2) is 11.6 Å². The van der Waals surface area contributed by atoms with Crippen molar-refractivity contribution < 1.29 is 18.7 Å². The van der Waals surface area contributed by atoms with Crippen molar-refractivity contribution in [3.8, 4) is 6.01 Å². The van der Waals surface area contributed by atoms with Crippen molar-refractivity contribution in [1.82, 2.24) is 14.9 Å². The number of hydrogen-bond donors (Lipinski definition) is 0. The number of likely N-dealkylation sites (tertiary alicyclic amines) is 1. The summed E-state index contributed by atoms with van der Waals surface area (Å²) in [6.07, 6.45) is 3.42. The number of aromatic nitrogens is 2. The Kier molecular flexibility index (Phi) is 5.02. The predicted octanol–water partition coefficient (Wildman–Crippen LogP) is 2.50. The maximum Gasteiger partial charge on any atom is 0.316 e. The van der Waals surface area contributed by atoms with Gasteiger partial charge in [-0.2, -0.15) is 0 Å². The molecule has 1 aliphatic rings. The van der Waals surface area contributed by atoms with Crippen LogP contribution in [0.15, 0.2) is 36.7 Å². The van der Waals surface area contributed by atoms with Gasteiger partial charge >= 0.3 is 6.01 Å². The Morgan fingerprint density at radius 2 is 1.80 bits per heavy atom. The molecule has 1 saturated heterocycles. The lowest BCUT2D eigenvalue weighted by Gasteiger charge is -2.32. The quantitative estimate of drug-likeness (QED) is 0.798. The number of ketones is 1. The van der Waals surface area contributed by atoms with Crippen LogP contribution in [-0.2, 0) is 0 Å². The molecule has 1 unspecified atom stereocenters. The summed E-state index contributed by atoms with van der Waals surface area (Å²) in [5, 5.41) is 0. The Morgan fingerprint density at radius 3 is 2.44 bits per heavy atom. The number of hydrogen-bond acceptors (Lipinski definition) is 5. The van der Waals surface area contributed by atoms with Gasteiger partial charge in [-0.25, -0.2) is 14.4 Å². The number of halogens is 1. The molecule has 0 bridgehead atoms. The second-order valence-electron chi connectivity index (χ2n) is 5.95. The largest absolute Gasteiger partial charge is 0.458 e. The van der Waals surface area contributed by atoms with Crippen molar-refractivity contribution in [2.45, 2.75) is 25.9 Å². The Balaban J connectivity index is 1.64. The third-order valence-corrected chi connectivity index (χ3v) is 4.07. The number of carbonyl (C=O) groups excluding carboxylic acids is 2. The van der Waals surface area contributed by atoms with E-state index in [2.05, 4.69) is 9.97 Å². The van der Waals surface area contributed by atoms with Gasteiger partial charge < -0.3 is 9.64 Å². The Labute approximate surface area is 144 Å². The second kappa shape index (κ2) is 7.38. The average molecular weight is 343 g/mol. The van der Waals surface area contributed by atoms with Crippen LogP contribution in [0.4, 0.5) is 4.39 Å². The molecule has 0 aliphatic carbocycles. The van der Waals surface area contributed by atoms with Crippen LogP contribution in [0.2, 0.25) is 0 Å². The first-order chi connectivity index (χ1) is 12.0. The highest BCUT2D eigenvalue weighted by Gasteiger charge is 2.26. The third-order valence-electron chi connectivity index (χ3n) is 4.07. The highest BCUT2D eigenvalue weighted by Crippen LogP contribution is 2.18. The molecule has 1 aromatic carbocycles. The number of nitrogens with zero attached hydrogens (tertiary/aromatic N) is 3. The first kappa shape index (κ1) is 17.0. The summed E-state index contributed by atoms with van der Waals surface area (Å²) < 4.78 is 18.5. The van der Waals surface area contributed by atoms with Crippen LogP contribution in [0.5, 0.6) is 6.01 Å². The molecule has 1 aromatic heterocycles. The maximum atomic E-state index is 12.8. The van der Waals surface area contributed by atoms with E-state index in [1.165, 1.54) is 6.92 Å². The summed E-state index contributed by atoms with van der Waals surface area (Å²) in [6.45, 7) is 2.53. The predicted molar refractivity (Wildman–Crippen MR) is 88.0 cm³/mol. The number of benzene rings is 1. The van der Waals surface area contributed by atoms with Crippen LogP contribution in [-0.4, -0.2) is 45.8 Å². The number of carbonyl (C=O) groups is 2. The summed E-state index contributed by atoms with van der Waals surface area (Å²) in [4.78, 5) is 33.2. The monoisotopic (exact) mass is 343 g/mol. The van der Waals surface area contributed by atoms with E-state index in [9.17, 15) is 14.0 Å². The van der Waals surface area contributed by atoms with Gasteiger partial charge in [-0.1, -0.05) is 12.1 Å². The minimum absolute atomic E-state index is 0.0373. The Bertz CT molecular complexity index is 762. The van der Waals surface area contributed by atoms with E-state index in [0.717, 1.165) is 25.2 Å². The molecule has 25 heavy (non-hydrogen) atoms. The zero-order valence-electron chi connectivity index (χ0n) is 13.8. The molecule has 2 heterocycles. The summed E-state index contributed by atoms with van der Waals surface area (Å²) in [5.74, 6) is -0.671. The van der Waals surface area contributed by atoms with E-state index in [-0.39, 0.29) is 23.8 Å². The number of piperidine rings is 1. The molecule has 0 radical (unpaired) electrons. The van der Waals surface area contributed by atoms with Crippen LogP contribution in [0.25, 0.3) is 0 Å². The van der Waals surface area contributed by atoms with Gasteiger partial charge in [-0.15, -0.1) is 0 Å². The normalized spacial score (nSPS) is 17.2. The van der Waals surface area contributed by atoms with Crippen LogP contribution >= 0.6 is 0 Å². The first-order valence-corrected chi connectivity index (χ1v) is 8.07.